The number of hydrogen-bond donors (Lipinski definition) is 0. The van der Waals surface area contributed by atoms with Crippen LogP contribution in [-0.4, -0.2) is 37.9 Å². The molecule has 3 rings (SSSR count). The smallest absolute Gasteiger partial charge is 0.338 e. The zero-order valence-electron chi connectivity index (χ0n) is 17.8. The number of nitrogens with zero attached hydrogens (tertiary/aromatic N) is 2. The van der Waals surface area contributed by atoms with E-state index in [1.54, 1.807) is 36.4 Å². The minimum Gasteiger partial charge on any atom is -0.489 e. The van der Waals surface area contributed by atoms with Gasteiger partial charge in [0.15, 0.2) is 0 Å². The Kier molecular flexibility index (Phi) is 6.77. The third-order valence-electron chi connectivity index (χ3n) is 4.70. The summed E-state index contributed by atoms with van der Waals surface area (Å²) in [5.41, 5.74) is 2.61. The molecule has 0 bridgehead atoms. The van der Waals surface area contributed by atoms with E-state index in [0.29, 0.717) is 29.2 Å². The van der Waals surface area contributed by atoms with Crippen LogP contribution in [-0.2, 0) is 28.0 Å². The predicted octanol–water partition coefficient (Wildman–Crippen LogP) is 3.48. The van der Waals surface area contributed by atoms with Crippen molar-refractivity contribution in [3.63, 3.8) is 0 Å². The predicted molar refractivity (Wildman–Crippen MR) is 113 cm³/mol. The van der Waals surface area contributed by atoms with Crippen LogP contribution in [0.15, 0.2) is 57.9 Å². The summed E-state index contributed by atoms with van der Waals surface area (Å²) in [5, 5.41) is 3.89. The molecule has 8 nitrogen and oxygen atoms in total. The monoisotopic (exact) mass is 444 g/mol. The highest BCUT2D eigenvalue weighted by molar-refractivity contribution is 7.89. The lowest BCUT2D eigenvalue weighted by Crippen LogP contribution is -2.22. The Morgan fingerprint density at radius 3 is 2.39 bits per heavy atom. The van der Waals surface area contributed by atoms with Gasteiger partial charge in [0, 0.05) is 14.1 Å². The van der Waals surface area contributed by atoms with Gasteiger partial charge in [-0.3, -0.25) is 0 Å². The molecule has 0 spiro atoms. The third-order valence-corrected chi connectivity index (χ3v) is 6.51. The van der Waals surface area contributed by atoms with Gasteiger partial charge < -0.3 is 14.0 Å². The number of aryl methyl sites for hydroxylation is 2. The second-order valence-electron chi connectivity index (χ2n) is 7.13. The number of benzene rings is 2. The van der Waals surface area contributed by atoms with Crippen LogP contribution < -0.4 is 4.74 Å². The molecule has 3 aromatic rings. The Morgan fingerprint density at radius 1 is 1.06 bits per heavy atom. The molecule has 0 radical (unpaired) electrons. The highest BCUT2D eigenvalue weighted by Crippen LogP contribution is 2.19. The zero-order valence-corrected chi connectivity index (χ0v) is 18.6. The molecule has 9 heteroatoms. The summed E-state index contributed by atoms with van der Waals surface area (Å²) in [4.78, 5) is 12.5. The van der Waals surface area contributed by atoms with Crippen LogP contribution in [0.3, 0.4) is 0 Å². The maximum Gasteiger partial charge on any atom is 0.338 e. The van der Waals surface area contributed by atoms with Gasteiger partial charge in [-0.25, -0.2) is 17.5 Å². The van der Waals surface area contributed by atoms with Gasteiger partial charge in [-0.05, 0) is 55.8 Å². The average Bonchev–Trinajstić information content (AvgIpc) is 3.08. The fourth-order valence-corrected chi connectivity index (χ4v) is 3.76. The number of esters is 1. The van der Waals surface area contributed by atoms with Crippen molar-refractivity contribution < 1.29 is 27.2 Å². The number of carbonyl (C=O) groups excluding carboxylic acids is 1. The van der Waals surface area contributed by atoms with E-state index in [2.05, 4.69) is 5.16 Å². The Morgan fingerprint density at radius 2 is 1.77 bits per heavy atom. The van der Waals surface area contributed by atoms with E-state index >= 15 is 0 Å². The molecule has 0 saturated carbocycles. The number of hydrogen-bond acceptors (Lipinski definition) is 7. The van der Waals surface area contributed by atoms with Crippen molar-refractivity contribution in [2.45, 2.75) is 32.0 Å². The van der Waals surface area contributed by atoms with Crippen molar-refractivity contribution in [2.75, 3.05) is 14.1 Å². The van der Waals surface area contributed by atoms with Gasteiger partial charge in [-0.2, -0.15) is 0 Å². The normalized spacial score (nSPS) is 11.5. The highest BCUT2D eigenvalue weighted by Gasteiger charge is 2.17. The van der Waals surface area contributed by atoms with Gasteiger partial charge >= 0.3 is 5.97 Å². The molecule has 0 aliphatic carbocycles. The second-order valence-corrected chi connectivity index (χ2v) is 9.28. The van der Waals surface area contributed by atoms with Crippen molar-refractivity contribution in [1.29, 1.82) is 0 Å². The van der Waals surface area contributed by atoms with Crippen LogP contribution in [0.5, 0.6) is 5.75 Å². The first-order chi connectivity index (χ1) is 14.7. The molecule has 0 amide bonds. The fraction of sp³-hybridized carbons (Fsp3) is 0.273. The molecule has 0 N–H and O–H groups in total. The maximum atomic E-state index is 12.3. The molecule has 31 heavy (non-hydrogen) atoms. The molecule has 0 aliphatic rings. The lowest BCUT2D eigenvalue weighted by Gasteiger charge is -2.12. The van der Waals surface area contributed by atoms with Crippen molar-refractivity contribution in [3.8, 4) is 5.75 Å². The summed E-state index contributed by atoms with van der Waals surface area (Å²) in [6.07, 6.45) is 0. The SMILES string of the molecule is Cc1noc(C)c1COc1ccc(C(=O)OCc2cccc(S(=O)(=O)N(C)C)c2)cc1. The van der Waals surface area contributed by atoms with E-state index in [1.165, 1.54) is 26.2 Å². The fourth-order valence-electron chi connectivity index (χ4n) is 2.79. The van der Waals surface area contributed by atoms with Crippen LogP contribution in [0.25, 0.3) is 0 Å². The molecular weight excluding hydrogens is 420 g/mol. The van der Waals surface area contributed by atoms with Gasteiger partial charge in [-0.1, -0.05) is 17.3 Å². The van der Waals surface area contributed by atoms with Gasteiger partial charge in [0.25, 0.3) is 0 Å². The van der Waals surface area contributed by atoms with Crippen LogP contribution in [0.4, 0.5) is 0 Å². The van der Waals surface area contributed by atoms with E-state index in [9.17, 15) is 13.2 Å². The Labute approximate surface area is 181 Å². The van der Waals surface area contributed by atoms with Crippen LogP contribution in [0.1, 0.15) is 32.9 Å². The van der Waals surface area contributed by atoms with Crippen molar-refractivity contribution in [1.82, 2.24) is 9.46 Å². The summed E-state index contributed by atoms with van der Waals surface area (Å²) >= 11 is 0. The first-order valence-electron chi connectivity index (χ1n) is 9.51. The molecule has 164 valence electrons. The Hall–Kier alpha value is -3.17. The van der Waals surface area contributed by atoms with Crippen molar-refractivity contribution in [3.05, 3.63) is 76.7 Å². The van der Waals surface area contributed by atoms with E-state index in [-0.39, 0.29) is 11.5 Å². The van der Waals surface area contributed by atoms with Crippen molar-refractivity contribution >= 4 is 16.0 Å². The number of rotatable bonds is 8. The molecule has 1 aromatic heterocycles. The summed E-state index contributed by atoms with van der Waals surface area (Å²) in [5.74, 6) is 0.788. The number of carbonyl (C=O) groups is 1. The summed E-state index contributed by atoms with van der Waals surface area (Å²) < 4.78 is 41.8. The summed E-state index contributed by atoms with van der Waals surface area (Å²) in [6, 6.07) is 12.9. The molecule has 0 saturated heterocycles. The van der Waals surface area contributed by atoms with Gasteiger partial charge in [0.2, 0.25) is 10.0 Å². The summed E-state index contributed by atoms with van der Waals surface area (Å²) in [7, 11) is -0.629. The van der Waals surface area contributed by atoms with E-state index in [1.807, 2.05) is 13.8 Å². The lowest BCUT2D eigenvalue weighted by molar-refractivity contribution is 0.0472. The van der Waals surface area contributed by atoms with E-state index < -0.39 is 16.0 Å². The van der Waals surface area contributed by atoms with Crippen LogP contribution in [0.2, 0.25) is 0 Å². The standard InChI is InChI=1S/C22H24N2O6S/c1-15-21(16(2)30-23-15)14-28-19-10-8-18(9-11-19)22(25)29-13-17-6-5-7-20(12-17)31(26,27)24(3)4/h5-12H,13-14H2,1-4H3. The van der Waals surface area contributed by atoms with Crippen molar-refractivity contribution in [2.24, 2.45) is 0 Å². The van der Waals surface area contributed by atoms with E-state index in [0.717, 1.165) is 15.6 Å². The quantitative estimate of drug-likeness (QED) is 0.491. The molecule has 0 atom stereocenters. The number of ether oxygens (including phenoxy) is 2. The topological polar surface area (TPSA) is 98.9 Å². The minimum absolute atomic E-state index is 0.0417. The number of aromatic nitrogens is 1. The van der Waals surface area contributed by atoms with Gasteiger partial charge in [0.05, 0.1) is 21.7 Å². The largest absolute Gasteiger partial charge is 0.489 e. The average molecular weight is 445 g/mol. The van der Waals surface area contributed by atoms with Crippen LogP contribution in [0, 0.1) is 13.8 Å². The highest BCUT2D eigenvalue weighted by atomic mass is 32.2. The number of sulfonamides is 1. The Balaban J connectivity index is 1.59. The lowest BCUT2D eigenvalue weighted by atomic mass is 10.2. The summed E-state index contributed by atoms with van der Waals surface area (Å²) in [6.45, 7) is 3.94. The van der Waals surface area contributed by atoms with E-state index in [4.69, 9.17) is 14.0 Å². The Bertz CT molecular complexity index is 1150. The molecule has 0 unspecified atom stereocenters. The maximum absolute atomic E-state index is 12.3. The van der Waals surface area contributed by atoms with Crippen LogP contribution >= 0.6 is 0 Å². The van der Waals surface area contributed by atoms with Gasteiger partial charge in [-0.15, -0.1) is 0 Å². The third kappa shape index (κ3) is 5.31. The first-order valence-corrected chi connectivity index (χ1v) is 11.0. The van der Waals surface area contributed by atoms with Gasteiger partial charge in [0.1, 0.15) is 24.7 Å². The zero-order chi connectivity index (χ0) is 22.6. The molecule has 1 heterocycles. The minimum atomic E-state index is -3.55. The molecular formula is C22H24N2O6S. The molecule has 2 aromatic carbocycles. The first kappa shape index (κ1) is 22.5. The second kappa shape index (κ2) is 9.32. The molecule has 0 aliphatic heterocycles. The molecule has 0 fully saturated rings.